The number of nitrogens with two attached hydrogens (primary N) is 1. The summed E-state index contributed by atoms with van der Waals surface area (Å²) in [5.74, 6) is -0.924. The molecule has 1 aromatic carbocycles. The van der Waals surface area contributed by atoms with Crippen LogP contribution in [0.3, 0.4) is 0 Å². The Labute approximate surface area is 126 Å². The first-order valence-electron chi connectivity index (χ1n) is 6.81. The molecule has 0 aromatic heterocycles. The third-order valence-corrected chi connectivity index (χ3v) is 3.37. The molecule has 0 spiro atoms. The van der Waals surface area contributed by atoms with Crippen molar-refractivity contribution in [2.24, 2.45) is 5.73 Å². The van der Waals surface area contributed by atoms with Crippen molar-refractivity contribution in [3.05, 3.63) is 29.8 Å². The van der Waals surface area contributed by atoms with Gasteiger partial charge in [-0.15, -0.1) is 0 Å². The number of amides is 2. The summed E-state index contributed by atoms with van der Waals surface area (Å²) in [7, 11) is 0. The van der Waals surface area contributed by atoms with Gasteiger partial charge in [0, 0.05) is 26.2 Å². The zero-order valence-electron chi connectivity index (χ0n) is 11.9. The fraction of sp³-hybridized carbons (Fsp3) is 0.429. The number of ether oxygens (including phenoxy) is 1. The monoisotopic (exact) mass is 313 g/mol. The molecule has 0 radical (unpaired) electrons. The predicted octanol–water partition coefficient (Wildman–Crippen LogP) is 0.531. The summed E-state index contributed by atoms with van der Waals surface area (Å²) in [5.41, 5.74) is 5.23. The van der Waals surface area contributed by atoms with E-state index in [4.69, 9.17) is 5.73 Å². The highest BCUT2D eigenvalue weighted by molar-refractivity contribution is 5.97. The largest absolute Gasteiger partial charge is 0.434 e. The molecule has 1 fully saturated rings. The quantitative estimate of drug-likeness (QED) is 0.860. The van der Waals surface area contributed by atoms with Gasteiger partial charge in [0.05, 0.1) is 12.1 Å². The molecule has 0 saturated carbocycles. The Balaban J connectivity index is 2.02. The molecule has 0 unspecified atom stereocenters. The number of primary amides is 1. The lowest BCUT2D eigenvalue weighted by Crippen LogP contribution is -2.50. The van der Waals surface area contributed by atoms with Crippen LogP contribution in [0.15, 0.2) is 24.3 Å². The molecule has 2 amide bonds. The van der Waals surface area contributed by atoms with Crippen LogP contribution in [0, 0.1) is 0 Å². The number of alkyl halides is 2. The normalized spacial score (nSPS) is 15.9. The molecule has 1 aromatic rings. The molecule has 0 bridgehead atoms. The molecule has 1 aliphatic rings. The van der Waals surface area contributed by atoms with E-state index in [0.717, 1.165) is 0 Å². The minimum absolute atomic E-state index is 0.103. The Bertz CT molecular complexity index is 546. The number of carbonyl (C=O) groups is 2. The maximum atomic E-state index is 12.4. The van der Waals surface area contributed by atoms with Crippen molar-refractivity contribution >= 4 is 11.8 Å². The predicted molar refractivity (Wildman–Crippen MR) is 74.6 cm³/mol. The maximum absolute atomic E-state index is 12.4. The number of nitrogens with zero attached hydrogens (tertiary/aromatic N) is 2. The highest BCUT2D eigenvalue weighted by Gasteiger charge is 2.25. The fourth-order valence-corrected chi connectivity index (χ4v) is 2.34. The van der Waals surface area contributed by atoms with E-state index in [1.165, 1.54) is 18.2 Å². The molecule has 120 valence electrons. The van der Waals surface area contributed by atoms with Gasteiger partial charge in [0.15, 0.2) is 0 Å². The van der Waals surface area contributed by atoms with Crippen molar-refractivity contribution in [2.75, 3.05) is 32.7 Å². The third-order valence-electron chi connectivity index (χ3n) is 3.37. The molecule has 2 rings (SSSR count). The van der Waals surface area contributed by atoms with Gasteiger partial charge in [-0.1, -0.05) is 12.1 Å². The second kappa shape index (κ2) is 7.17. The molecule has 2 N–H and O–H groups in total. The van der Waals surface area contributed by atoms with E-state index in [9.17, 15) is 18.4 Å². The molecule has 0 atom stereocenters. The van der Waals surface area contributed by atoms with Crippen LogP contribution < -0.4 is 10.5 Å². The number of carbonyl (C=O) groups excluding carboxylic acids is 2. The van der Waals surface area contributed by atoms with E-state index in [2.05, 4.69) is 4.74 Å². The summed E-state index contributed by atoms with van der Waals surface area (Å²) in [5, 5.41) is 0. The second-order valence-corrected chi connectivity index (χ2v) is 4.91. The number of rotatable bonds is 5. The number of para-hydroxylation sites is 1. The van der Waals surface area contributed by atoms with Gasteiger partial charge in [-0.25, -0.2) is 0 Å². The molecule has 0 aliphatic carbocycles. The summed E-state index contributed by atoms with van der Waals surface area (Å²) in [6.45, 7) is -1.03. The number of piperazine rings is 1. The number of halogens is 2. The summed E-state index contributed by atoms with van der Waals surface area (Å²) >= 11 is 0. The summed E-state index contributed by atoms with van der Waals surface area (Å²) in [6, 6.07) is 5.91. The Morgan fingerprint density at radius 2 is 1.82 bits per heavy atom. The molecule has 1 heterocycles. The van der Waals surface area contributed by atoms with Gasteiger partial charge in [-0.05, 0) is 12.1 Å². The summed E-state index contributed by atoms with van der Waals surface area (Å²) in [4.78, 5) is 26.7. The topological polar surface area (TPSA) is 75.9 Å². The number of hydrogen-bond acceptors (Lipinski definition) is 4. The van der Waals surface area contributed by atoms with E-state index in [1.54, 1.807) is 11.0 Å². The van der Waals surface area contributed by atoms with Gasteiger partial charge in [0.2, 0.25) is 5.91 Å². The van der Waals surface area contributed by atoms with Crippen LogP contribution in [-0.2, 0) is 4.79 Å². The molecular weight excluding hydrogens is 296 g/mol. The third kappa shape index (κ3) is 4.14. The van der Waals surface area contributed by atoms with Crippen LogP contribution in [0.25, 0.3) is 0 Å². The van der Waals surface area contributed by atoms with Gasteiger partial charge in [0.25, 0.3) is 5.91 Å². The van der Waals surface area contributed by atoms with Gasteiger partial charge in [0.1, 0.15) is 5.75 Å². The standard InChI is InChI=1S/C14H17F2N3O3/c15-14(16)22-11-4-2-1-3-10(11)13(21)19-7-5-18(6-8-19)9-12(17)20/h1-4,14H,5-9H2,(H2,17,20). The van der Waals surface area contributed by atoms with Crippen molar-refractivity contribution in [2.45, 2.75) is 6.61 Å². The highest BCUT2D eigenvalue weighted by atomic mass is 19.3. The van der Waals surface area contributed by atoms with Gasteiger partial charge < -0.3 is 15.4 Å². The smallest absolute Gasteiger partial charge is 0.387 e. The van der Waals surface area contributed by atoms with Crippen molar-refractivity contribution in [1.82, 2.24) is 9.80 Å². The van der Waals surface area contributed by atoms with Crippen molar-refractivity contribution in [3.63, 3.8) is 0 Å². The summed E-state index contributed by atoms with van der Waals surface area (Å²) in [6.07, 6.45) is 0. The Morgan fingerprint density at radius 3 is 2.41 bits per heavy atom. The molecule has 22 heavy (non-hydrogen) atoms. The SMILES string of the molecule is NC(=O)CN1CCN(C(=O)c2ccccc2OC(F)F)CC1. The maximum Gasteiger partial charge on any atom is 0.387 e. The first-order valence-corrected chi connectivity index (χ1v) is 6.81. The minimum Gasteiger partial charge on any atom is -0.434 e. The second-order valence-electron chi connectivity index (χ2n) is 4.91. The van der Waals surface area contributed by atoms with E-state index in [0.29, 0.717) is 26.2 Å². The van der Waals surface area contributed by atoms with E-state index < -0.39 is 12.5 Å². The Kier molecular flexibility index (Phi) is 5.26. The Morgan fingerprint density at radius 1 is 1.18 bits per heavy atom. The van der Waals surface area contributed by atoms with Gasteiger partial charge >= 0.3 is 6.61 Å². The van der Waals surface area contributed by atoms with Crippen LogP contribution in [0.2, 0.25) is 0 Å². The van der Waals surface area contributed by atoms with Crippen molar-refractivity contribution in [1.29, 1.82) is 0 Å². The summed E-state index contributed by atoms with van der Waals surface area (Å²) < 4.78 is 29.1. The van der Waals surface area contributed by atoms with Crippen molar-refractivity contribution < 1.29 is 23.1 Å². The van der Waals surface area contributed by atoms with Crippen LogP contribution in [0.1, 0.15) is 10.4 Å². The van der Waals surface area contributed by atoms with E-state index >= 15 is 0 Å². The lowest BCUT2D eigenvalue weighted by molar-refractivity contribution is -0.119. The van der Waals surface area contributed by atoms with Gasteiger partial charge in [-0.2, -0.15) is 8.78 Å². The van der Waals surface area contributed by atoms with Crippen LogP contribution in [0.4, 0.5) is 8.78 Å². The number of benzene rings is 1. The molecule has 1 aliphatic heterocycles. The average molecular weight is 313 g/mol. The highest BCUT2D eigenvalue weighted by Crippen LogP contribution is 2.22. The molecular formula is C14H17F2N3O3. The first kappa shape index (κ1) is 16.2. The molecule has 1 saturated heterocycles. The fourth-order valence-electron chi connectivity index (χ4n) is 2.34. The van der Waals surface area contributed by atoms with Crippen molar-refractivity contribution in [3.8, 4) is 5.75 Å². The number of hydrogen-bond donors (Lipinski definition) is 1. The zero-order valence-corrected chi connectivity index (χ0v) is 11.9. The molecule has 8 heteroatoms. The Hall–Kier alpha value is -2.22. The minimum atomic E-state index is -2.98. The van der Waals surface area contributed by atoms with Crippen LogP contribution in [-0.4, -0.2) is 60.9 Å². The zero-order chi connectivity index (χ0) is 16.1. The van der Waals surface area contributed by atoms with E-state index in [-0.39, 0.29) is 23.8 Å². The van der Waals surface area contributed by atoms with Gasteiger partial charge in [-0.3, -0.25) is 14.5 Å². The lowest BCUT2D eigenvalue weighted by atomic mass is 10.1. The lowest BCUT2D eigenvalue weighted by Gasteiger charge is -2.34. The van der Waals surface area contributed by atoms with Crippen LogP contribution >= 0.6 is 0 Å². The average Bonchev–Trinajstić information content (AvgIpc) is 2.47. The van der Waals surface area contributed by atoms with E-state index in [1.807, 2.05) is 4.90 Å². The van der Waals surface area contributed by atoms with Crippen LogP contribution in [0.5, 0.6) is 5.75 Å². The molecule has 6 nitrogen and oxygen atoms in total. The first-order chi connectivity index (χ1) is 10.5.